The van der Waals surface area contributed by atoms with E-state index in [0.29, 0.717) is 0 Å². The molecule has 110 valence electrons. The molecule has 0 bridgehead atoms. The molecule has 0 amide bonds. The van der Waals surface area contributed by atoms with Crippen molar-refractivity contribution in [3.8, 4) is 0 Å². The molecule has 0 radical (unpaired) electrons. The summed E-state index contributed by atoms with van der Waals surface area (Å²) in [5.74, 6) is -6.56. The fourth-order valence-electron chi connectivity index (χ4n) is 0.910. The van der Waals surface area contributed by atoms with E-state index in [1.807, 2.05) is 0 Å². The van der Waals surface area contributed by atoms with Gasteiger partial charge < -0.3 is 19.5 Å². The number of hydrogen-bond donors (Lipinski definition) is 3. The van der Waals surface area contributed by atoms with Gasteiger partial charge >= 0.3 is 85.4 Å². The van der Waals surface area contributed by atoms with Gasteiger partial charge in [-0.2, -0.15) is 8.42 Å². The summed E-state index contributed by atoms with van der Waals surface area (Å²) in [6.07, 6.45) is -2.77. The fraction of sp³-hybridized carbons (Fsp3) is 0.500. The number of carbonyl (C=O) groups excluding carboxylic acids is 1. The van der Waals surface area contributed by atoms with Crippen molar-refractivity contribution >= 4 is 85.4 Å². The molecule has 1 atom stereocenters. The first-order chi connectivity index (χ1) is 8.56. The van der Waals surface area contributed by atoms with Gasteiger partial charge in [0.1, 0.15) is 0 Å². The molecule has 0 aromatic carbocycles. The summed E-state index contributed by atoms with van der Waals surface area (Å²) in [6, 6.07) is 0. The predicted octanol–water partition coefficient (Wildman–Crippen LogP) is -2.00. The van der Waals surface area contributed by atoms with Gasteiger partial charge in [0.05, 0.1) is 19.3 Å². The van der Waals surface area contributed by atoms with E-state index in [-0.39, 0.29) is 51.4 Å². The SMILES string of the molecule is O=C(O)CCC(=O)OS(=O)(=O)C(CC(=O)O)C(=O)O.[KH]. The minimum atomic E-state index is -4.99. The second-order valence-corrected chi connectivity index (χ2v) is 4.99. The van der Waals surface area contributed by atoms with E-state index >= 15 is 0 Å². The van der Waals surface area contributed by atoms with Gasteiger partial charge in [0, 0.05) is 0 Å². The Morgan fingerprint density at radius 3 is 1.80 bits per heavy atom. The topological polar surface area (TPSA) is 172 Å². The third-order valence-electron chi connectivity index (χ3n) is 1.74. The van der Waals surface area contributed by atoms with Crippen LogP contribution in [-0.4, -0.2) is 104 Å². The quantitative estimate of drug-likeness (QED) is 0.332. The van der Waals surface area contributed by atoms with Crippen LogP contribution in [0.3, 0.4) is 0 Å². The van der Waals surface area contributed by atoms with E-state index in [1.165, 1.54) is 0 Å². The Hall–Kier alpha value is -0.534. The van der Waals surface area contributed by atoms with E-state index in [2.05, 4.69) is 4.18 Å². The average Bonchev–Trinajstić information content (AvgIpc) is 2.21. The zero-order valence-electron chi connectivity index (χ0n) is 9.31. The van der Waals surface area contributed by atoms with Crippen LogP contribution < -0.4 is 0 Å². The molecule has 0 aromatic heterocycles. The van der Waals surface area contributed by atoms with Crippen LogP contribution in [0.4, 0.5) is 0 Å². The fourth-order valence-corrected chi connectivity index (χ4v) is 1.96. The number of carboxylic acids is 3. The zero-order chi connectivity index (χ0) is 15.2. The van der Waals surface area contributed by atoms with E-state index in [1.54, 1.807) is 0 Å². The van der Waals surface area contributed by atoms with Crippen LogP contribution in [-0.2, 0) is 33.5 Å². The Labute approximate surface area is 155 Å². The third-order valence-corrected chi connectivity index (χ3v) is 3.22. The second kappa shape index (κ2) is 9.41. The van der Waals surface area contributed by atoms with Gasteiger partial charge in [-0.1, -0.05) is 0 Å². The summed E-state index contributed by atoms with van der Waals surface area (Å²) in [5, 5.41) is 22.7. The molecule has 3 N–H and O–H groups in total. The van der Waals surface area contributed by atoms with Crippen LogP contribution in [0.1, 0.15) is 19.3 Å². The summed E-state index contributed by atoms with van der Waals surface area (Å²) in [6.45, 7) is 0. The standard InChI is InChI=1S/C8H10O10S.K.H/c9-5(10)1-2-7(13)18-19(16,17)4(8(14)15)3-6(11)12;;/h4H,1-3H2,(H,9,10)(H,11,12)(H,14,15);;. The Kier molecular flexibility index (Phi) is 10.2. The van der Waals surface area contributed by atoms with Gasteiger partial charge in [-0.05, 0) is 0 Å². The molecule has 0 fully saturated rings. The molecule has 0 saturated heterocycles. The second-order valence-electron chi connectivity index (χ2n) is 3.27. The Morgan fingerprint density at radius 1 is 0.950 bits per heavy atom. The Balaban J connectivity index is 0. The van der Waals surface area contributed by atoms with E-state index in [0.717, 1.165) is 0 Å². The molecule has 10 nitrogen and oxygen atoms in total. The van der Waals surface area contributed by atoms with Crippen molar-refractivity contribution in [1.82, 2.24) is 0 Å². The predicted molar refractivity (Wildman–Crippen MR) is 62.7 cm³/mol. The number of hydrogen-bond acceptors (Lipinski definition) is 7. The molecular weight excluding hydrogens is 327 g/mol. The van der Waals surface area contributed by atoms with Crippen molar-refractivity contribution in [1.29, 1.82) is 0 Å². The van der Waals surface area contributed by atoms with Crippen molar-refractivity contribution in [3.05, 3.63) is 0 Å². The Morgan fingerprint density at radius 2 is 1.45 bits per heavy atom. The van der Waals surface area contributed by atoms with Crippen LogP contribution in [0, 0.1) is 0 Å². The Bertz CT molecular complexity index is 495. The third kappa shape index (κ3) is 8.60. The molecule has 0 saturated carbocycles. The van der Waals surface area contributed by atoms with Gasteiger partial charge in [-0.15, -0.1) is 0 Å². The molecule has 0 rings (SSSR count). The van der Waals surface area contributed by atoms with E-state index < -0.39 is 58.5 Å². The van der Waals surface area contributed by atoms with Gasteiger partial charge in [0.25, 0.3) is 0 Å². The van der Waals surface area contributed by atoms with Gasteiger partial charge in [0.15, 0.2) is 0 Å². The zero-order valence-corrected chi connectivity index (χ0v) is 10.1. The molecular formula is C8H11KO10S. The minimum absolute atomic E-state index is 0. The summed E-state index contributed by atoms with van der Waals surface area (Å²) in [4.78, 5) is 42.0. The summed E-state index contributed by atoms with van der Waals surface area (Å²) < 4.78 is 26.5. The molecule has 0 heterocycles. The molecule has 0 aliphatic carbocycles. The van der Waals surface area contributed by atoms with Gasteiger partial charge in [-0.3, -0.25) is 19.2 Å². The molecule has 1 unspecified atom stereocenters. The summed E-state index contributed by atoms with van der Waals surface area (Å²) in [7, 11) is -4.99. The first kappa shape index (κ1) is 21.8. The number of carboxylic acid groups (broad SMARTS) is 3. The van der Waals surface area contributed by atoms with E-state index in [9.17, 15) is 27.6 Å². The van der Waals surface area contributed by atoms with Crippen molar-refractivity contribution in [2.75, 3.05) is 0 Å². The van der Waals surface area contributed by atoms with Crippen LogP contribution in [0.2, 0.25) is 0 Å². The maximum atomic E-state index is 11.3. The first-order valence-electron chi connectivity index (χ1n) is 4.68. The number of carbonyl (C=O) groups is 4. The van der Waals surface area contributed by atoms with Crippen LogP contribution in [0.15, 0.2) is 0 Å². The number of rotatable bonds is 8. The van der Waals surface area contributed by atoms with Crippen LogP contribution >= 0.6 is 0 Å². The van der Waals surface area contributed by atoms with Crippen molar-refractivity contribution < 1.29 is 47.1 Å². The molecule has 0 aliphatic rings. The summed E-state index contributed by atoms with van der Waals surface area (Å²) >= 11 is 0. The molecule has 0 aliphatic heterocycles. The molecule has 0 aromatic rings. The van der Waals surface area contributed by atoms with Crippen molar-refractivity contribution in [3.63, 3.8) is 0 Å². The van der Waals surface area contributed by atoms with E-state index in [4.69, 9.17) is 15.3 Å². The van der Waals surface area contributed by atoms with Gasteiger partial charge in [0.2, 0.25) is 5.25 Å². The van der Waals surface area contributed by atoms with Gasteiger partial charge in [-0.25, -0.2) is 0 Å². The van der Waals surface area contributed by atoms with Crippen LogP contribution in [0.25, 0.3) is 0 Å². The molecule has 12 heteroatoms. The molecule has 20 heavy (non-hydrogen) atoms. The number of aliphatic carboxylic acids is 3. The van der Waals surface area contributed by atoms with Crippen LogP contribution in [0.5, 0.6) is 0 Å². The first-order valence-corrected chi connectivity index (χ1v) is 6.16. The van der Waals surface area contributed by atoms with Crippen molar-refractivity contribution in [2.45, 2.75) is 24.5 Å². The average molecular weight is 338 g/mol. The normalized spacial score (nSPS) is 11.8. The molecule has 0 spiro atoms. The monoisotopic (exact) mass is 338 g/mol. The van der Waals surface area contributed by atoms with Crippen molar-refractivity contribution in [2.24, 2.45) is 0 Å². The maximum absolute atomic E-state index is 11.3. The summed E-state index contributed by atoms with van der Waals surface area (Å²) in [5.41, 5.74) is 0.